The number of methoxy groups -OCH3 is 3. The first-order valence-electron chi connectivity index (χ1n) is 9.55. The number of ether oxygens (including phenoxy) is 3. The lowest BCUT2D eigenvalue weighted by Crippen LogP contribution is -2.46. The Kier molecular flexibility index (Phi) is 6.84. The lowest BCUT2D eigenvalue weighted by molar-refractivity contribution is 0.0923. The quantitative estimate of drug-likeness (QED) is 0.719. The van der Waals surface area contributed by atoms with Gasteiger partial charge in [-0.2, -0.15) is 4.31 Å². The average molecular weight is 435 g/mol. The van der Waals surface area contributed by atoms with Gasteiger partial charge in [0.05, 0.1) is 26.2 Å². The Morgan fingerprint density at radius 1 is 0.900 bits per heavy atom. The largest absolute Gasteiger partial charge is 0.497 e. The van der Waals surface area contributed by atoms with Crippen LogP contribution in [-0.4, -0.2) is 59.1 Å². The lowest BCUT2D eigenvalue weighted by Gasteiger charge is -2.31. The lowest BCUT2D eigenvalue weighted by atomic mass is 10.1. The van der Waals surface area contributed by atoms with E-state index >= 15 is 0 Å². The van der Waals surface area contributed by atoms with Crippen LogP contribution in [0.15, 0.2) is 47.4 Å². The van der Waals surface area contributed by atoms with Crippen LogP contribution in [0.5, 0.6) is 17.2 Å². The number of amides is 1. The van der Waals surface area contributed by atoms with Crippen molar-refractivity contribution >= 4 is 15.9 Å². The van der Waals surface area contributed by atoms with Gasteiger partial charge in [0.1, 0.15) is 17.2 Å². The molecule has 3 rings (SSSR count). The predicted molar refractivity (Wildman–Crippen MR) is 112 cm³/mol. The second-order valence-corrected chi connectivity index (χ2v) is 8.87. The molecule has 2 aromatic rings. The number of nitrogens with zero attached hydrogens (tertiary/aromatic N) is 1. The Morgan fingerprint density at radius 3 is 1.93 bits per heavy atom. The molecule has 0 bridgehead atoms. The molecule has 0 spiro atoms. The van der Waals surface area contributed by atoms with Gasteiger partial charge < -0.3 is 19.5 Å². The summed E-state index contributed by atoms with van der Waals surface area (Å²) >= 11 is 0. The molecule has 1 heterocycles. The Hall–Kier alpha value is -2.78. The van der Waals surface area contributed by atoms with Gasteiger partial charge >= 0.3 is 0 Å². The average Bonchev–Trinajstić information content (AvgIpc) is 2.79. The van der Waals surface area contributed by atoms with Crippen molar-refractivity contribution in [1.29, 1.82) is 0 Å². The first kappa shape index (κ1) is 21.9. The highest BCUT2D eigenvalue weighted by molar-refractivity contribution is 7.89. The molecule has 0 saturated carbocycles. The highest BCUT2D eigenvalue weighted by Gasteiger charge is 2.30. The summed E-state index contributed by atoms with van der Waals surface area (Å²) in [4.78, 5) is 12.9. The molecule has 1 fully saturated rings. The van der Waals surface area contributed by atoms with Gasteiger partial charge in [-0.15, -0.1) is 0 Å². The first-order chi connectivity index (χ1) is 14.4. The van der Waals surface area contributed by atoms with Crippen LogP contribution in [0.25, 0.3) is 0 Å². The van der Waals surface area contributed by atoms with Gasteiger partial charge in [0.15, 0.2) is 0 Å². The molecule has 9 heteroatoms. The van der Waals surface area contributed by atoms with Crippen LogP contribution >= 0.6 is 0 Å². The van der Waals surface area contributed by atoms with Crippen molar-refractivity contribution in [3.05, 3.63) is 48.0 Å². The minimum atomic E-state index is -3.58. The molecule has 2 aromatic carbocycles. The van der Waals surface area contributed by atoms with Gasteiger partial charge in [0.25, 0.3) is 5.91 Å². The van der Waals surface area contributed by atoms with Gasteiger partial charge in [0.2, 0.25) is 10.0 Å². The molecule has 1 aliphatic heterocycles. The summed E-state index contributed by atoms with van der Waals surface area (Å²) in [6, 6.07) is 11.2. The maximum Gasteiger partial charge on any atom is 0.251 e. The normalized spacial score (nSPS) is 15.4. The number of benzene rings is 2. The molecular weight excluding hydrogens is 408 g/mol. The zero-order valence-corrected chi connectivity index (χ0v) is 18.1. The number of piperidine rings is 1. The van der Waals surface area contributed by atoms with Crippen molar-refractivity contribution < 1.29 is 27.4 Å². The number of nitrogens with one attached hydrogen (secondary N) is 1. The first-order valence-corrected chi connectivity index (χ1v) is 11.0. The monoisotopic (exact) mass is 434 g/mol. The van der Waals surface area contributed by atoms with E-state index in [1.54, 1.807) is 30.3 Å². The smallest absolute Gasteiger partial charge is 0.251 e. The Morgan fingerprint density at radius 2 is 1.43 bits per heavy atom. The summed E-state index contributed by atoms with van der Waals surface area (Å²) in [7, 11) is 1.00. The molecule has 0 radical (unpaired) electrons. The summed E-state index contributed by atoms with van der Waals surface area (Å²) < 4.78 is 42.6. The van der Waals surface area contributed by atoms with E-state index in [1.165, 1.54) is 37.8 Å². The molecule has 1 N–H and O–H groups in total. The zero-order chi connectivity index (χ0) is 21.7. The summed E-state index contributed by atoms with van der Waals surface area (Å²) in [5, 5.41) is 2.98. The van der Waals surface area contributed by atoms with Gasteiger partial charge in [-0.05, 0) is 49.2 Å². The fourth-order valence-corrected chi connectivity index (χ4v) is 4.81. The number of hydrogen-bond acceptors (Lipinski definition) is 6. The van der Waals surface area contributed by atoms with Gasteiger partial charge in [0, 0.05) is 30.8 Å². The molecular formula is C21H26N2O6S. The van der Waals surface area contributed by atoms with Gasteiger partial charge in [-0.3, -0.25) is 4.79 Å². The highest BCUT2D eigenvalue weighted by Crippen LogP contribution is 2.25. The zero-order valence-electron chi connectivity index (χ0n) is 17.3. The van der Waals surface area contributed by atoms with Crippen LogP contribution < -0.4 is 19.5 Å². The number of hydrogen-bond donors (Lipinski definition) is 1. The van der Waals surface area contributed by atoms with Crippen LogP contribution in [0.2, 0.25) is 0 Å². The summed E-state index contributed by atoms with van der Waals surface area (Å²) in [6.45, 7) is 0.668. The molecule has 1 saturated heterocycles. The summed E-state index contributed by atoms with van der Waals surface area (Å²) in [5.74, 6) is 1.41. The number of sulfonamides is 1. The molecule has 0 atom stereocenters. The van der Waals surface area contributed by atoms with Crippen LogP contribution in [-0.2, 0) is 10.0 Å². The molecule has 30 heavy (non-hydrogen) atoms. The van der Waals surface area contributed by atoms with Gasteiger partial charge in [-0.25, -0.2) is 8.42 Å². The highest BCUT2D eigenvalue weighted by atomic mass is 32.2. The fourth-order valence-electron chi connectivity index (χ4n) is 3.34. The van der Waals surface area contributed by atoms with E-state index in [-0.39, 0.29) is 16.8 Å². The third-order valence-electron chi connectivity index (χ3n) is 5.10. The molecule has 0 unspecified atom stereocenters. The summed E-state index contributed by atoms with van der Waals surface area (Å²) in [6.07, 6.45) is 1.06. The topological polar surface area (TPSA) is 94.2 Å². The van der Waals surface area contributed by atoms with Crippen molar-refractivity contribution in [1.82, 2.24) is 9.62 Å². The molecule has 162 valence electrons. The van der Waals surface area contributed by atoms with E-state index < -0.39 is 10.0 Å². The van der Waals surface area contributed by atoms with Gasteiger partial charge in [-0.1, -0.05) is 0 Å². The van der Waals surface area contributed by atoms with Crippen LogP contribution in [0, 0.1) is 0 Å². The third-order valence-corrected chi connectivity index (χ3v) is 7.01. The van der Waals surface area contributed by atoms with Crippen molar-refractivity contribution in [2.45, 2.75) is 23.8 Å². The minimum Gasteiger partial charge on any atom is -0.497 e. The molecule has 8 nitrogen and oxygen atoms in total. The maximum atomic E-state index is 12.8. The van der Waals surface area contributed by atoms with Crippen molar-refractivity contribution in [3.63, 3.8) is 0 Å². The van der Waals surface area contributed by atoms with E-state index in [4.69, 9.17) is 14.2 Å². The number of rotatable bonds is 7. The van der Waals surface area contributed by atoms with E-state index in [0.29, 0.717) is 48.7 Å². The molecule has 0 aromatic heterocycles. The number of carbonyl (C=O) groups excluding carboxylic acids is 1. The molecule has 0 aliphatic carbocycles. The van der Waals surface area contributed by atoms with E-state index in [1.807, 2.05) is 0 Å². The Labute approximate surface area is 176 Å². The van der Waals surface area contributed by atoms with E-state index in [0.717, 1.165) is 0 Å². The Balaban J connectivity index is 1.62. The maximum absolute atomic E-state index is 12.8. The number of carbonyl (C=O) groups is 1. The second kappa shape index (κ2) is 9.36. The third kappa shape index (κ3) is 4.85. The van der Waals surface area contributed by atoms with Crippen LogP contribution in [0.3, 0.4) is 0 Å². The van der Waals surface area contributed by atoms with E-state index in [9.17, 15) is 13.2 Å². The minimum absolute atomic E-state index is 0.114. The fraction of sp³-hybridized carbons (Fsp3) is 0.381. The van der Waals surface area contributed by atoms with Crippen LogP contribution in [0.1, 0.15) is 23.2 Å². The van der Waals surface area contributed by atoms with Crippen molar-refractivity contribution in [2.75, 3.05) is 34.4 Å². The van der Waals surface area contributed by atoms with E-state index in [2.05, 4.69) is 5.32 Å². The predicted octanol–water partition coefficient (Wildman–Crippen LogP) is 2.30. The SMILES string of the molecule is COc1ccc(S(=O)(=O)N2CCC(NC(=O)c3cc(OC)cc(OC)c3)CC2)cc1. The second-order valence-electron chi connectivity index (χ2n) is 6.93. The standard InChI is InChI=1S/C21H26N2O6S/c1-27-17-4-6-20(7-5-17)30(25,26)23-10-8-16(9-11-23)22-21(24)15-12-18(28-2)14-19(13-15)29-3/h4-7,12-14,16H,8-11H2,1-3H3,(H,22,24). The summed E-state index contributed by atoms with van der Waals surface area (Å²) in [5.41, 5.74) is 0.430. The molecule has 1 amide bonds. The van der Waals surface area contributed by atoms with Crippen molar-refractivity contribution in [2.24, 2.45) is 0 Å². The van der Waals surface area contributed by atoms with Crippen LogP contribution in [0.4, 0.5) is 0 Å². The van der Waals surface area contributed by atoms with Crippen molar-refractivity contribution in [3.8, 4) is 17.2 Å². The molecule has 1 aliphatic rings. The Bertz CT molecular complexity index is 961.